The van der Waals surface area contributed by atoms with Crippen LogP contribution in [0.25, 0.3) is 0 Å². The third kappa shape index (κ3) is 6.42. The quantitative estimate of drug-likeness (QED) is 0.402. The molecule has 1 aromatic rings. The molecule has 0 unspecified atom stereocenters. The average Bonchev–Trinajstić information content (AvgIpc) is 2.38. The van der Waals surface area contributed by atoms with Gasteiger partial charge in [0.15, 0.2) is 0 Å². The number of carbonyl (C=O) groups is 2. The molecule has 0 aliphatic rings. The van der Waals surface area contributed by atoms with E-state index in [2.05, 4.69) is 5.32 Å². The maximum atomic E-state index is 11.6. The molecule has 3 N–H and O–H groups in total. The fourth-order valence-corrected chi connectivity index (χ4v) is 1.53. The highest BCUT2D eigenvalue weighted by atomic mass is 16.5. The first-order valence-electron chi connectivity index (χ1n) is 6.14. The first-order valence-corrected chi connectivity index (χ1v) is 6.14. The van der Waals surface area contributed by atoms with Gasteiger partial charge in [0, 0.05) is 12.1 Å². The molecule has 6 heteroatoms. The van der Waals surface area contributed by atoms with Crippen molar-refractivity contribution in [1.82, 2.24) is 5.06 Å². The monoisotopic (exact) mass is 266 g/mol. The first-order chi connectivity index (χ1) is 9.09. The Morgan fingerprint density at radius 2 is 1.79 bits per heavy atom. The number of amides is 2. The van der Waals surface area contributed by atoms with Crippen LogP contribution >= 0.6 is 0 Å². The largest absolute Gasteiger partial charge is 0.481 e. The number of urea groups is 1. The summed E-state index contributed by atoms with van der Waals surface area (Å²) in [4.78, 5) is 21.8. The van der Waals surface area contributed by atoms with Crippen molar-refractivity contribution in [2.24, 2.45) is 0 Å². The van der Waals surface area contributed by atoms with Crippen molar-refractivity contribution in [2.75, 3.05) is 11.9 Å². The Morgan fingerprint density at radius 1 is 1.11 bits per heavy atom. The molecule has 0 radical (unpaired) electrons. The summed E-state index contributed by atoms with van der Waals surface area (Å²) in [5.74, 6) is -0.831. The van der Waals surface area contributed by atoms with Gasteiger partial charge in [-0.05, 0) is 25.0 Å². The summed E-state index contributed by atoms with van der Waals surface area (Å²) in [6.45, 7) is 0.179. The third-order valence-corrected chi connectivity index (χ3v) is 2.52. The van der Waals surface area contributed by atoms with E-state index in [-0.39, 0.29) is 13.0 Å². The summed E-state index contributed by atoms with van der Waals surface area (Å²) in [6.07, 6.45) is 1.87. The summed E-state index contributed by atoms with van der Waals surface area (Å²) in [7, 11) is 0. The maximum absolute atomic E-state index is 11.6. The van der Waals surface area contributed by atoms with Crippen molar-refractivity contribution >= 4 is 17.7 Å². The van der Waals surface area contributed by atoms with E-state index < -0.39 is 12.0 Å². The third-order valence-electron chi connectivity index (χ3n) is 2.52. The van der Waals surface area contributed by atoms with Crippen molar-refractivity contribution in [1.29, 1.82) is 0 Å². The number of carboxylic acids is 1. The van der Waals surface area contributed by atoms with Gasteiger partial charge < -0.3 is 10.4 Å². The van der Waals surface area contributed by atoms with Crippen LogP contribution in [0.5, 0.6) is 0 Å². The fourth-order valence-electron chi connectivity index (χ4n) is 1.53. The summed E-state index contributed by atoms with van der Waals surface area (Å²) in [5.41, 5.74) is 0.609. The molecule has 0 fully saturated rings. The fraction of sp³-hybridized carbons (Fsp3) is 0.385. The number of carbonyl (C=O) groups excluding carboxylic acids is 1. The molecule has 0 aromatic heterocycles. The zero-order valence-corrected chi connectivity index (χ0v) is 10.6. The van der Waals surface area contributed by atoms with E-state index in [0.29, 0.717) is 30.0 Å². The zero-order chi connectivity index (χ0) is 14.1. The number of hydroxylamine groups is 2. The summed E-state index contributed by atoms with van der Waals surface area (Å²) in [5, 5.41) is 21.1. The highest BCUT2D eigenvalue weighted by Crippen LogP contribution is 2.07. The average molecular weight is 266 g/mol. The van der Waals surface area contributed by atoms with E-state index in [1.165, 1.54) is 0 Å². The van der Waals surface area contributed by atoms with Gasteiger partial charge in [0.1, 0.15) is 0 Å². The molecule has 0 spiro atoms. The van der Waals surface area contributed by atoms with Crippen molar-refractivity contribution in [3.05, 3.63) is 30.3 Å². The minimum atomic E-state index is -0.831. The number of hydrogen-bond donors (Lipinski definition) is 3. The Labute approximate surface area is 111 Å². The number of para-hydroxylation sites is 1. The normalized spacial score (nSPS) is 9.95. The van der Waals surface area contributed by atoms with E-state index in [4.69, 9.17) is 5.11 Å². The topological polar surface area (TPSA) is 89.9 Å². The second-order valence-corrected chi connectivity index (χ2v) is 4.12. The number of anilines is 1. The molecule has 0 saturated heterocycles. The van der Waals surface area contributed by atoms with Gasteiger partial charge in [-0.25, -0.2) is 9.86 Å². The minimum Gasteiger partial charge on any atom is -0.481 e. The Balaban J connectivity index is 2.20. The van der Waals surface area contributed by atoms with Gasteiger partial charge in [-0.2, -0.15) is 0 Å². The van der Waals surface area contributed by atoms with E-state index >= 15 is 0 Å². The Morgan fingerprint density at radius 3 is 2.42 bits per heavy atom. The van der Waals surface area contributed by atoms with Crippen molar-refractivity contribution in [3.63, 3.8) is 0 Å². The number of nitrogens with zero attached hydrogens (tertiary/aromatic N) is 1. The van der Waals surface area contributed by atoms with Crippen LogP contribution in [0.3, 0.4) is 0 Å². The molecular weight excluding hydrogens is 248 g/mol. The molecule has 0 bridgehead atoms. The predicted octanol–water partition coefficient (Wildman–Crippen LogP) is 2.55. The predicted molar refractivity (Wildman–Crippen MR) is 70.1 cm³/mol. The number of aliphatic carboxylic acids is 1. The summed E-state index contributed by atoms with van der Waals surface area (Å²) in [6, 6.07) is 8.24. The SMILES string of the molecule is O=C(O)CCCCCN(O)C(=O)Nc1ccccc1. The van der Waals surface area contributed by atoms with Gasteiger partial charge in [-0.1, -0.05) is 24.6 Å². The summed E-state index contributed by atoms with van der Waals surface area (Å²) < 4.78 is 0. The molecule has 6 nitrogen and oxygen atoms in total. The molecule has 0 aliphatic heterocycles. The van der Waals surface area contributed by atoms with Crippen LogP contribution in [0.15, 0.2) is 30.3 Å². The smallest absolute Gasteiger partial charge is 0.345 e. The maximum Gasteiger partial charge on any atom is 0.345 e. The molecule has 0 saturated carbocycles. The summed E-state index contributed by atoms with van der Waals surface area (Å²) >= 11 is 0. The molecule has 0 aliphatic carbocycles. The zero-order valence-electron chi connectivity index (χ0n) is 10.6. The number of rotatable bonds is 7. The lowest BCUT2D eigenvalue weighted by molar-refractivity contribution is -0.137. The molecule has 1 aromatic carbocycles. The Hall–Kier alpha value is -2.08. The molecule has 0 atom stereocenters. The minimum absolute atomic E-state index is 0.113. The number of hydrogen-bond acceptors (Lipinski definition) is 3. The number of nitrogens with one attached hydrogen (secondary N) is 1. The van der Waals surface area contributed by atoms with E-state index in [1.807, 2.05) is 6.07 Å². The molecule has 19 heavy (non-hydrogen) atoms. The van der Waals surface area contributed by atoms with Gasteiger partial charge in [0.25, 0.3) is 0 Å². The van der Waals surface area contributed by atoms with E-state index in [0.717, 1.165) is 0 Å². The molecule has 0 heterocycles. The second kappa shape index (κ2) is 8.10. The van der Waals surface area contributed by atoms with Crippen LogP contribution in [0.2, 0.25) is 0 Å². The van der Waals surface area contributed by atoms with E-state index in [9.17, 15) is 14.8 Å². The molecule has 1 rings (SSSR count). The number of benzene rings is 1. The van der Waals surface area contributed by atoms with Crippen LogP contribution in [-0.2, 0) is 4.79 Å². The van der Waals surface area contributed by atoms with Crippen LogP contribution in [0.4, 0.5) is 10.5 Å². The van der Waals surface area contributed by atoms with Gasteiger partial charge in [0.2, 0.25) is 0 Å². The molecule has 2 amide bonds. The molecule has 104 valence electrons. The van der Waals surface area contributed by atoms with Crippen LogP contribution in [-0.4, -0.2) is 33.9 Å². The van der Waals surface area contributed by atoms with Gasteiger partial charge >= 0.3 is 12.0 Å². The van der Waals surface area contributed by atoms with Crippen LogP contribution in [0.1, 0.15) is 25.7 Å². The lowest BCUT2D eigenvalue weighted by atomic mass is 10.2. The van der Waals surface area contributed by atoms with Gasteiger partial charge in [-0.15, -0.1) is 0 Å². The van der Waals surface area contributed by atoms with Crippen LogP contribution < -0.4 is 5.32 Å². The second-order valence-electron chi connectivity index (χ2n) is 4.12. The molecular formula is C13H18N2O4. The van der Waals surface area contributed by atoms with E-state index in [1.54, 1.807) is 24.3 Å². The Bertz CT molecular complexity index is 408. The Kier molecular flexibility index (Phi) is 6.38. The van der Waals surface area contributed by atoms with Crippen LogP contribution in [0, 0.1) is 0 Å². The van der Waals surface area contributed by atoms with Crippen molar-refractivity contribution in [3.8, 4) is 0 Å². The first kappa shape index (κ1) is 15.0. The van der Waals surface area contributed by atoms with Gasteiger partial charge in [0.05, 0.1) is 6.54 Å². The van der Waals surface area contributed by atoms with Crippen molar-refractivity contribution < 1.29 is 19.9 Å². The lowest BCUT2D eigenvalue weighted by Crippen LogP contribution is -2.32. The highest BCUT2D eigenvalue weighted by molar-refractivity contribution is 5.88. The van der Waals surface area contributed by atoms with Gasteiger partial charge in [-0.3, -0.25) is 10.0 Å². The lowest BCUT2D eigenvalue weighted by Gasteiger charge is -2.15. The standard InChI is InChI=1S/C13H18N2O4/c16-12(17)9-5-2-6-10-15(19)13(18)14-11-7-3-1-4-8-11/h1,3-4,7-8,19H,2,5-6,9-10H2,(H,14,18)(H,16,17). The number of unbranched alkanes of at least 4 members (excludes halogenated alkanes) is 2. The number of carboxylic acid groups (broad SMARTS) is 1. The van der Waals surface area contributed by atoms with Crippen molar-refractivity contribution in [2.45, 2.75) is 25.7 Å². The highest BCUT2D eigenvalue weighted by Gasteiger charge is 2.10.